The number of hydrogen-bond acceptors (Lipinski definition) is 3. The van der Waals surface area contributed by atoms with Crippen LogP contribution in [0.4, 0.5) is 0 Å². The molecule has 0 bridgehead atoms. The highest BCUT2D eigenvalue weighted by Crippen LogP contribution is 2.21. The molecule has 0 aliphatic rings. The van der Waals surface area contributed by atoms with Crippen molar-refractivity contribution in [1.82, 2.24) is 4.98 Å². The fourth-order valence-electron chi connectivity index (χ4n) is 2.45. The highest BCUT2D eigenvalue weighted by molar-refractivity contribution is 5.66. The van der Waals surface area contributed by atoms with Crippen LogP contribution in [-0.2, 0) is 11.2 Å². The predicted molar refractivity (Wildman–Crippen MR) is 78.5 cm³/mol. The van der Waals surface area contributed by atoms with Gasteiger partial charge in [0.15, 0.2) is 0 Å². The first-order valence-electron chi connectivity index (χ1n) is 7.44. The van der Waals surface area contributed by atoms with Crippen molar-refractivity contribution >= 4 is 5.97 Å². The average Bonchev–Trinajstić information content (AvgIpc) is 2.45. The Morgan fingerprint density at radius 1 is 1.20 bits per heavy atom. The van der Waals surface area contributed by atoms with Crippen molar-refractivity contribution in [2.24, 2.45) is 5.92 Å². The molecule has 0 saturated carbocycles. The number of rotatable bonds is 11. The van der Waals surface area contributed by atoms with Crippen molar-refractivity contribution in [2.45, 2.75) is 51.4 Å². The van der Waals surface area contributed by atoms with Gasteiger partial charge in [0.05, 0.1) is 0 Å². The summed E-state index contributed by atoms with van der Waals surface area (Å²) in [7, 11) is 0. The van der Waals surface area contributed by atoms with Crippen LogP contribution in [-0.4, -0.2) is 27.8 Å². The number of hydrogen-bond donors (Lipinski definition) is 2. The molecular formula is C16H25NO3. The SMILES string of the molecule is O=C(O)CCC(CCCCO)CCCc1cccnc1. The Hall–Kier alpha value is -1.42. The highest BCUT2D eigenvalue weighted by Gasteiger charge is 2.11. The third-order valence-corrected chi connectivity index (χ3v) is 3.59. The summed E-state index contributed by atoms with van der Waals surface area (Å²) in [5, 5.41) is 17.6. The Morgan fingerprint density at radius 2 is 2.00 bits per heavy atom. The second kappa shape index (κ2) is 10.4. The van der Waals surface area contributed by atoms with Crippen molar-refractivity contribution in [2.75, 3.05) is 6.61 Å². The van der Waals surface area contributed by atoms with E-state index in [1.807, 2.05) is 12.3 Å². The van der Waals surface area contributed by atoms with Crippen LogP contribution in [0.5, 0.6) is 0 Å². The maximum absolute atomic E-state index is 10.7. The average molecular weight is 279 g/mol. The number of unbranched alkanes of at least 4 members (excludes halogenated alkanes) is 1. The van der Waals surface area contributed by atoms with Crippen LogP contribution < -0.4 is 0 Å². The van der Waals surface area contributed by atoms with Crippen molar-refractivity contribution in [3.8, 4) is 0 Å². The van der Waals surface area contributed by atoms with Gasteiger partial charge in [-0.3, -0.25) is 9.78 Å². The van der Waals surface area contributed by atoms with Gasteiger partial charge in [-0.25, -0.2) is 0 Å². The summed E-state index contributed by atoms with van der Waals surface area (Å²) in [5.41, 5.74) is 1.24. The first-order valence-corrected chi connectivity index (χ1v) is 7.44. The number of carbonyl (C=O) groups is 1. The van der Waals surface area contributed by atoms with E-state index in [1.165, 1.54) is 5.56 Å². The lowest BCUT2D eigenvalue weighted by Crippen LogP contribution is -2.06. The minimum atomic E-state index is -0.718. The molecule has 0 aliphatic heterocycles. The van der Waals surface area contributed by atoms with Crippen molar-refractivity contribution in [3.63, 3.8) is 0 Å². The Balaban J connectivity index is 2.28. The van der Waals surface area contributed by atoms with Crippen LogP contribution in [0.2, 0.25) is 0 Å². The van der Waals surface area contributed by atoms with E-state index < -0.39 is 5.97 Å². The second-order valence-corrected chi connectivity index (χ2v) is 5.27. The van der Waals surface area contributed by atoms with Crippen LogP contribution in [0.3, 0.4) is 0 Å². The molecule has 0 fully saturated rings. The number of aromatic nitrogens is 1. The zero-order valence-electron chi connectivity index (χ0n) is 12.0. The van der Waals surface area contributed by atoms with Crippen LogP contribution in [0, 0.1) is 5.92 Å². The summed E-state index contributed by atoms with van der Waals surface area (Å²) in [6.45, 7) is 0.224. The Bertz CT molecular complexity index is 367. The van der Waals surface area contributed by atoms with Crippen LogP contribution in [0.1, 0.15) is 50.5 Å². The number of aliphatic hydroxyl groups excluding tert-OH is 1. The molecule has 4 heteroatoms. The molecule has 1 heterocycles. The molecule has 0 radical (unpaired) electrons. The topological polar surface area (TPSA) is 70.4 Å². The van der Waals surface area contributed by atoms with Gasteiger partial charge in [0.1, 0.15) is 0 Å². The molecule has 112 valence electrons. The molecule has 0 amide bonds. The van der Waals surface area contributed by atoms with Gasteiger partial charge in [-0.15, -0.1) is 0 Å². The zero-order valence-corrected chi connectivity index (χ0v) is 12.0. The number of carboxylic acids is 1. The zero-order chi connectivity index (χ0) is 14.6. The predicted octanol–water partition coefficient (Wildman–Crippen LogP) is 3.05. The lowest BCUT2D eigenvalue weighted by molar-refractivity contribution is -0.137. The highest BCUT2D eigenvalue weighted by atomic mass is 16.4. The van der Waals surface area contributed by atoms with Gasteiger partial charge in [0.2, 0.25) is 0 Å². The van der Waals surface area contributed by atoms with Gasteiger partial charge < -0.3 is 10.2 Å². The molecular weight excluding hydrogens is 254 g/mol. The number of aliphatic hydroxyl groups is 1. The summed E-state index contributed by atoms with van der Waals surface area (Å²) in [4.78, 5) is 14.8. The van der Waals surface area contributed by atoms with Crippen LogP contribution >= 0.6 is 0 Å². The third-order valence-electron chi connectivity index (χ3n) is 3.59. The molecule has 0 aliphatic carbocycles. The number of nitrogens with zero attached hydrogens (tertiary/aromatic N) is 1. The molecule has 1 unspecified atom stereocenters. The number of carboxylic acid groups (broad SMARTS) is 1. The maximum Gasteiger partial charge on any atom is 0.303 e. The minimum Gasteiger partial charge on any atom is -0.481 e. The molecule has 1 aromatic heterocycles. The monoisotopic (exact) mass is 279 g/mol. The summed E-state index contributed by atoms with van der Waals surface area (Å²) >= 11 is 0. The van der Waals surface area contributed by atoms with E-state index in [-0.39, 0.29) is 13.0 Å². The van der Waals surface area contributed by atoms with Crippen molar-refractivity contribution < 1.29 is 15.0 Å². The second-order valence-electron chi connectivity index (χ2n) is 5.27. The fraction of sp³-hybridized carbons (Fsp3) is 0.625. The first-order chi connectivity index (χ1) is 9.72. The van der Waals surface area contributed by atoms with Crippen LogP contribution in [0.25, 0.3) is 0 Å². The number of aliphatic carboxylic acids is 1. The Labute approximate surface area is 120 Å². The van der Waals surface area contributed by atoms with E-state index in [9.17, 15) is 4.79 Å². The first kappa shape index (κ1) is 16.6. The standard InChI is InChI=1S/C16H25NO3/c18-12-2-1-5-14(9-10-16(19)20)6-3-7-15-8-4-11-17-13-15/h4,8,11,13-14,18H,1-3,5-7,9-10,12H2,(H,19,20). The summed E-state index contributed by atoms with van der Waals surface area (Å²) in [6.07, 6.45) is 10.6. The van der Waals surface area contributed by atoms with E-state index in [4.69, 9.17) is 10.2 Å². The fourth-order valence-corrected chi connectivity index (χ4v) is 2.45. The molecule has 2 N–H and O–H groups in total. The van der Waals surface area contributed by atoms with Crippen molar-refractivity contribution in [1.29, 1.82) is 0 Å². The molecule has 0 spiro atoms. The van der Waals surface area contributed by atoms with Gasteiger partial charge in [-0.1, -0.05) is 25.3 Å². The van der Waals surface area contributed by atoms with Gasteiger partial charge in [0, 0.05) is 25.4 Å². The van der Waals surface area contributed by atoms with Gasteiger partial charge in [-0.05, 0) is 43.2 Å². The van der Waals surface area contributed by atoms with Gasteiger partial charge in [0.25, 0.3) is 0 Å². The normalized spacial score (nSPS) is 12.2. The van der Waals surface area contributed by atoms with E-state index in [2.05, 4.69) is 11.1 Å². The molecule has 0 saturated heterocycles. The van der Waals surface area contributed by atoms with Crippen LogP contribution in [0.15, 0.2) is 24.5 Å². The van der Waals surface area contributed by atoms with Gasteiger partial charge in [-0.2, -0.15) is 0 Å². The van der Waals surface area contributed by atoms with Crippen molar-refractivity contribution in [3.05, 3.63) is 30.1 Å². The van der Waals surface area contributed by atoms with Gasteiger partial charge >= 0.3 is 5.97 Å². The third kappa shape index (κ3) is 7.89. The molecule has 0 aromatic carbocycles. The summed E-state index contributed by atoms with van der Waals surface area (Å²) in [5.74, 6) is -0.265. The van der Waals surface area contributed by atoms with E-state index in [0.717, 1.165) is 44.9 Å². The minimum absolute atomic E-state index is 0.224. The smallest absolute Gasteiger partial charge is 0.303 e. The molecule has 4 nitrogen and oxygen atoms in total. The molecule has 20 heavy (non-hydrogen) atoms. The maximum atomic E-state index is 10.7. The summed E-state index contributed by atoms with van der Waals surface area (Å²) in [6, 6.07) is 4.02. The number of pyridine rings is 1. The van der Waals surface area contributed by atoms with E-state index in [0.29, 0.717) is 5.92 Å². The Morgan fingerprint density at radius 3 is 2.65 bits per heavy atom. The van der Waals surface area contributed by atoms with E-state index in [1.54, 1.807) is 6.20 Å². The lowest BCUT2D eigenvalue weighted by atomic mass is 9.91. The Kier molecular flexibility index (Phi) is 8.63. The summed E-state index contributed by atoms with van der Waals surface area (Å²) < 4.78 is 0. The largest absolute Gasteiger partial charge is 0.481 e. The molecule has 1 atom stereocenters. The lowest BCUT2D eigenvalue weighted by Gasteiger charge is -2.15. The quantitative estimate of drug-likeness (QED) is 0.611. The van der Waals surface area contributed by atoms with E-state index >= 15 is 0 Å². The molecule has 1 rings (SSSR count). The molecule has 1 aromatic rings. The number of aryl methyl sites for hydroxylation is 1.